The van der Waals surface area contributed by atoms with Crippen LogP contribution in [0.2, 0.25) is 0 Å². The predicted molar refractivity (Wildman–Crippen MR) is 119 cm³/mol. The van der Waals surface area contributed by atoms with Crippen LogP contribution in [-0.2, 0) is 21.2 Å². The molecule has 2 fully saturated rings. The van der Waals surface area contributed by atoms with Crippen molar-refractivity contribution in [1.82, 2.24) is 9.62 Å². The summed E-state index contributed by atoms with van der Waals surface area (Å²) in [6.45, 7) is 2.56. The van der Waals surface area contributed by atoms with Crippen LogP contribution in [-0.4, -0.2) is 44.1 Å². The van der Waals surface area contributed by atoms with Crippen LogP contribution in [0, 0.1) is 11.2 Å². The van der Waals surface area contributed by atoms with Gasteiger partial charge in [0.15, 0.2) is 0 Å². The summed E-state index contributed by atoms with van der Waals surface area (Å²) >= 11 is 0. The van der Waals surface area contributed by atoms with Gasteiger partial charge in [0, 0.05) is 18.0 Å². The van der Waals surface area contributed by atoms with Gasteiger partial charge in [-0.3, -0.25) is 4.79 Å². The average molecular weight is 445 g/mol. The molecule has 4 rings (SSSR count). The van der Waals surface area contributed by atoms with Gasteiger partial charge in [-0.05, 0) is 54.5 Å². The second-order valence-corrected chi connectivity index (χ2v) is 11.0. The number of hydrogen-bond donors (Lipinski definition) is 1. The smallest absolute Gasteiger partial charge is 0.228 e. The van der Waals surface area contributed by atoms with Crippen LogP contribution in [0.5, 0.6) is 0 Å². The van der Waals surface area contributed by atoms with E-state index in [0.29, 0.717) is 19.4 Å². The van der Waals surface area contributed by atoms with Crippen molar-refractivity contribution in [2.75, 3.05) is 12.8 Å². The molecule has 7 heteroatoms. The minimum Gasteiger partial charge on any atom is -0.337 e. The molecule has 1 N–H and O–H groups in total. The van der Waals surface area contributed by atoms with Gasteiger partial charge in [-0.25, -0.2) is 17.5 Å². The predicted octanol–water partition coefficient (Wildman–Crippen LogP) is 3.74. The third-order valence-corrected chi connectivity index (χ3v) is 7.41. The molecule has 2 unspecified atom stereocenters. The molecule has 1 aliphatic heterocycles. The van der Waals surface area contributed by atoms with Crippen LogP contribution < -0.4 is 4.72 Å². The van der Waals surface area contributed by atoms with Gasteiger partial charge >= 0.3 is 0 Å². The molecule has 1 aliphatic carbocycles. The number of benzene rings is 2. The summed E-state index contributed by atoms with van der Waals surface area (Å²) in [4.78, 5) is 15.2. The summed E-state index contributed by atoms with van der Waals surface area (Å²) in [6, 6.07) is 13.7. The van der Waals surface area contributed by atoms with E-state index in [0.717, 1.165) is 42.2 Å². The number of hydrogen-bond acceptors (Lipinski definition) is 3. The lowest BCUT2D eigenvalue weighted by atomic mass is 9.69. The molecule has 1 saturated heterocycles. The fourth-order valence-corrected chi connectivity index (χ4v) is 5.65. The zero-order valence-corrected chi connectivity index (χ0v) is 18.8. The van der Waals surface area contributed by atoms with Crippen LogP contribution in [0.25, 0.3) is 11.1 Å². The normalized spacial score (nSPS) is 22.9. The molecule has 166 valence electrons. The Kier molecular flexibility index (Phi) is 5.92. The van der Waals surface area contributed by atoms with Gasteiger partial charge in [-0.2, -0.15) is 0 Å². The van der Waals surface area contributed by atoms with Crippen LogP contribution in [0.15, 0.2) is 48.5 Å². The van der Waals surface area contributed by atoms with Crippen molar-refractivity contribution in [2.45, 2.75) is 51.1 Å². The summed E-state index contributed by atoms with van der Waals surface area (Å²) in [7, 11) is -3.39. The highest BCUT2D eigenvalue weighted by Crippen LogP contribution is 2.43. The highest BCUT2D eigenvalue weighted by molar-refractivity contribution is 7.88. The first-order chi connectivity index (χ1) is 14.6. The van der Waals surface area contributed by atoms with Crippen molar-refractivity contribution in [2.24, 2.45) is 5.41 Å². The molecule has 1 saturated carbocycles. The Hall–Kier alpha value is -2.25. The Morgan fingerprint density at radius 1 is 1.16 bits per heavy atom. The maximum atomic E-state index is 13.7. The minimum absolute atomic E-state index is 0.128. The molecule has 1 amide bonds. The molecule has 0 spiro atoms. The van der Waals surface area contributed by atoms with E-state index in [9.17, 15) is 17.6 Å². The van der Waals surface area contributed by atoms with Crippen molar-refractivity contribution in [1.29, 1.82) is 0 Å². The lowest BCUT2D eigenvalue weighted by Gasteiger charge is -2.42. The molecule has 31 heavy (non-hydrogen) atoms. The quantitative estimate of drug-likeness (QED) is 0.738. The third-order valence-electron chi connectivity index (χ3n) is 6.68. The van der Waals surface area contributed by atoms with Gasteiger partial charge in [-0.15, -0.1) is 0 Å². The molecule has 2 aromatic carbocycles. The maximum absolute atomic E-state index is 13.7. The number of likely N-dealkylation sites (tertiary alicyclic amines) is 1. The molecule has 5 nitrogen and oxygen atoms in total. The number of carbonyl (C=O) groups is 1. The Labute approximate surface area is 183 Å². The minimum atomic E-state index is -3.39. The first kappa shape index (κ1) is 22.0. The van der Waals surface area contributed by atoms with E-state index in [4.69, 9.17) is 0 Å². The molecular weight excluding hydrogens is 415 g/mol. The van der Waals surface area contributed by atoms with Crippen molar-refractivity contribution < 1.29 is 17.6 Å². The molecule has 1 heterocycles. The third kappa shape index (κ3) is 4.83. The lowest BCUT2D eigenvalue weighted by Crippen LogP contribution is -2.52. The molecule has 0 aromatic heterocycles. The Bertz CT molecular complexity index is 1080. The first-order valence-corrected chi connectivity index (χ1v) is 12.7. The average Bonchev–Trinajstić information content (AvgIpc) is 3.06. The second kappa shape index (κ2) is 8.36. The van der Waals surface area contributed by atoms with Gasteiger partial charge in [0.2, 0.25) is 15.9 Å². The number of nitrogens with zero attached hydrogens (tertiary/aromatic N) is 1. The number of carbonyl (C=O) groups excluding carboxylic acids is 1. The molecule has 0 bridgehead atoms. The summed E-state index contributed by atoms with van der Waals surface area (Å²) < 4.78 is 40.3. The van der Waals surface area contributed by atoms with Crippen LogP contribution in [0.1, 0.15) is 38.2 Å². The standard InChI is InChI=1S/C24H29FN2O3S/c1-24(11-5-12-24)23(28)27-13-10-21(26-31(2,29)30)22(27)15-17-6-3-7-18(14-17)19-8-4-9-20(25)16-19/h3-4,6-9,14,16,21-22,26H,5,10-13,15H2,1-2H3. The van der Waals surface area contributed by atoms with Crippen LogP contribution in [0.3, 0.4) is 0 Å². The van der Waals surface area contributed by atoms with E-state index < -0.39 is 10.0 Å². The Morgan fingerprint density at radius 3 is 2.45 bits per heavy atom. The highest BCUT2D eigenvalue weighted by atomic mass is 32.2. The Morgan fingerprint density at radius 2 is 1.84 bits per heavy atom. The number of nitrogens with one attached hydrogen (secondary N) is 1. The number of rotatable bonds is 6. The van der Waals surface area contributed by atoms with E-state index in [1.54, 1.807) is 6.07 Å². The van der Waals surface area contributed by atoms with E-state index in [1.165, 1.54) is 12.1 Å². The molecular formula is C24H29FN2O3S. The monoisotopic (exact) mass is 444 g/mol. The van der Waals surface area contributed by atoms with Gasteiger partial charge in [0.1, 0.15) is 5.82 Å². The van der Waals surface area contributed by atoms with E-state index in [2.05, 4.69) is 4.72 Å². The lowest BCUT2D eigenvalue weighted by molar-refractivity contribution is -0.147. The van der Waals surface area contributed by atoms with E-state index >= 15 is 0 Å². The van der Waals surface area contributed by atoms with Crippen LogP contribution in [0.4, 0.5) is 4.39 Å². The zero-order valence-electron chi connectivity index (χ0n) is 18.0. The topological polar surface area (TPSA) is 66.5 Å². The zero-order chi connectivity index (χ0) is 22.2. The van der Waals surface area contributed by atoms with Crippen LogP contribution >= 0.6 is 0 Å². The Balaban J connectivity index is 1.61. The van der Waals surface area contributed by atoms with Crippen molar-refractivity contribution in [3.05, 3.63) is 59.9 Å². The van der Waals surface area contributed by atoms with E-state index in [-0.39, 0.29) is 29.2 Å². The molecule has 2 aliphatic rings. The van der Waals surface area contributed by atoms with Crippen molar-refractivity contribution >= 4 is 15.9 Å². The second-order valence-electron chi connectivity index (χ2n) is 9.18. The summed E-state index contributed by atoms with van der Waals surface area (Å²) in [5, 5.41) is 0. The largest absolute Gasteiger partial charge is 0.337 e. The van der Waals surface area contributed by atoms with Gasteiger partial charge in [-0.1, -0.05) is 49.7 Å². The fraction of sp³-hybridized carbons (Fsp3) is 0.458. The molecule has 2 aromatic rings. The summed E-state index contributed by atoms with van der Waals surface area (Å²) in [5.41, 5.74) is 2.34. The van der Waals surface area contributed by atoms with Gasteiger partial charge < -0.3 is 4.90 Å². The fourth-order valence-electron chi connectivity index (χ4n) is 4.83. The van der Waals surface area contributed by atoms with Crippen molar-refractivity contribution in [3.8, 4) is 11.1 Å². The molecule has 2 atom stereocenters. The first-order valence-electron chi connectivity index (χ1n) is 10.8. The number of sulfonamides is 1. The SMILES string of the molecule is CC1(C(=O)N2CCC(NS(C)(=O)=O)C2Cc2cccc(-c3cccc(F)c3)c2)CCC1. The van der Waals surface area contributed by atoms with Crippen molar-refractivity contribution in [3.63, 3.8) is 0 Å². The highest BCUT2D eigenvalue weighted by Gasteiger charge is 2.47. The van der Waals surface area contributed by atoms with Gasteiger partial charge in [0.05, 0.1) is 12.3 Å². The van der Waals surface area contributed by atoms with E-state index in [1.807, 2.05) is 42.2 Å². The summed E-state index contributed by atoms with van der Waals surface area (Å²) in [5.74, 6) is -0.163. The number of amides is 1. The summed E-state index contributed by atoms with van der Waals surface area (Å²) in [6.07, 6.45) is 5.12. The maximum Gasteiger partial charge on any atom is 0.228 e. The number of halogens is 1. The van der Waals surface area contributed by atoms with Gasteiger partial charge in [0.25, 0.3) is 0 Å². The molecule has 0 radical (unpaired) electrons.